The first kappa shape index (κ1) is 15.7. The average Bonchev–Trinajstić information content (AvgIpc) is 3.00. The zero-order chi connectivity index (χ0) is 16.7. The van der Waals surface area contributed by atoms with Crippen molar-refractivity contribution >= 4 is 11.9 Å². The van der Waals surface area contributed by atoms with E-state index in [4.69, 9.17) is 15.2 Å². The molecule has 0 aromatic heterocycles. The molecule has 122 valence electrons. The van der Waals surface area contributed by atoms with Gasteiger partial charge in [-0.05, 0) is 12.5 Å². The predicted octanol–water partition coefficient (Wildman–Crippen LogP) is 1.51. The molecule has 0 aliphatic heterocycles. The first-order chi connectivity index (χ1) is 10.9. The molecule has 1 fully saturated rings. The highest BCUT2D eigenvalue weighted by Crippen LogP contribution is 2.63. The Hall–Kier alpha value is -2.21. The first-order valence-electron chi connectivity index (χ1n) is 7.50. The molecule has 0 heterocycles. The molecule has 1 saturated carbocycles. The summed E-state index contributed by atoms with van der Waals surface area (Å²) in [7, 11) is 0. The number of benzene rings is 1. The average molecular weight is 319 g/mol. The Bertz CT molecular complexity index is 662. The molecule has 0 spiro atoms. The molecule has 6 heteroatoms. The number of hydrogen-bond donors (Lipinski definition) is 1. The van der Waals surface area contributed by atoms with Crippen LogP contribution >= 0.6 is 0 Å². The van der Waals surface area contributed by atoms with Gasteiger partial charge in [0.05, 0.1) is 6.61 Å². The number of carbonyl (C=O) groups excluding carboxylic acids is 2. The van der Waals surface area contributed by atoms with Gasteiger partial charge >= 0.3 is 11.9 Å². The van der Waals surface area contributed by atoms with Crippen LogP contribution in [0.2, 0.25) is 0 Å². The van der Waals surface area contributed by atoms with E-state index in [0.29, 0.717) is 0 Å². The van der Waals surface area contributed by atoms with Crippen molar-refractivity contribution in [3.05, 3.63) is 48.0 Å². The molecular formula is C17H18FNO4. The topological polar surface area (TPSA) is 78.6 Å². The summed E-state index contributed by atoms with van der Waals surface area (Å²) in [4.78, 5) is 24.1. The van der Waals surface area contributed by atoms with Crippen molar-refractivity contribution in [1.29, 1.82) is 0 Å². The van der Waals surface area contributed by atoms with Crippen molar-refractivity contribution < 1.29 is 23.5 Å². The Kier molecular flexibility index (Phi) is 3.72. The lowest BCUT2D eigenvalue weighted by atomic mass is 9.94. The molecule has 5 nitrogen and oxygen atoms in total. The molecule has 0 amide bonds. The van der Waals surface area contributed by atoms with Crippen LogP contribution in [0, 0.1) is 11.8 Å². The Labute approximate surface area is 133 Å². The normalized spacial score (nSPS) is 33.9. The maximum atomic E-state index is 14.8. The third-order valence-corrected chi connectivity index (χ3v) is 4.44. The highest BCUT2D eigenvalue weighted by molar-refractivity contribution is 5.93. The fraction of sp³-hybridized carbons (Fsp3) is 0.412. The number of fused-ring (bicyclic) bond motifs is 1. The molecule has 2 N–H and O–H groups in total. The Morgan fingerprint density at radius 1 is 1.22 bits per heavy atom. The van der Waals surface area contributed by atoms with Gasteiger partial charge in [-0.1, -0.05) is 42.5 Å². The molecule has 1 aromatic carbocycles. The molecule has 0 unspecified atom stereocenters. The van der Waals surface area contributed by atoms with Crippen LogP contribution in [0.4, 0.5) is 4.39 Å². The number of nitrogens with two attached hydrogens (primary N) is 1. The van der Waals surface area contributed by atoms with Gasteiger partial charge in [-0.25, -0.2) is 14.0 Å². The molecule has 23 heavy (non-hydrogen) atoms. The highest BCUT2D eigenvalue weighted by atomic mass is 19.1. The molecular weight excluding hydrogens is 301 g/mol. The zero-order valence-corrected chi connectivity index (χ0v) is 12.7. The number of allylic oxidation sites excluding steroid dienone is 1. The second-order valence-electron chi connectivity index (χ2n) is 5.85. The van der Waals surface area contributed by atoms with Gasteiger partial charge in [0.15, 0.2) is 0 Å². The molecule has 2 aliphatic rings. The van der Waals surface area contributed by atoms with Gasteiger partial charge in [-0.3, -0.25) is 0 Å². The molecule has 1 aromatic rings. The van der Waals surface area contributed by atoms with Crippen LogP contribution in [0.1, 0.15) is 12.5 Å². The lowest BCUT2D eigenvalue weighted by molar-refractivity contribution is -0.155. The largest absolute Gasteiger partial charge is 0.464 e. The van der Waals surface area contributed by atoms with E-state index in [1.165, 1.54) is 12.2 Å². The fourth-order valence-electron chi connectivity index (χ4n) is 3.19. The van der Waals surface area contributed by atoms with Crippen LogP contribution in [0.15, 0.2) is 42.5 Å². The third kappa shape index (κ3) is 2.34. The van der Waals surface area contributed by atoms with Gasteiger partial charge in [-0.15, -0.1) is 0 Å². The van der Waals surface area contributed by atoms with E-state index in [0.717, 1.165) is 5.56 Å². The standard InChI is InChI=1S/C17H18FNO4/c1-2-22-15(21)17(18)12-8-9-16(19,13(12)17)14(20)23-10-11-6-4-3-5-7-11/h3-9,12-13H,2,10,19H2,1H3/t12-,13-,16+,17-/m1/s1. The lowest BCUT2D eigenvalue weighted by Gasteiger charge is -2.23. The number of ether oxygens (including phenoxy) is 2. The fourth-order valence-corrected chi connectivity index (χ4v) is 3.19. The maximum Gasteiger partial charge on any atom is 0.344 e. The van der Waals surface area contributed by atoms with Crippen LogP contribution in [-0.2, 0) is 25.7 Å². The molecule has 0 bridgehead atoms. The summed E-state index contributed by atoms with van der Waals surface area (Å²) in [5.41, 5.74) is 2.99. The van der Waals surface area contributed by atoms with E-state index < -0.39 is 35.0 Å². The van der Waals surface area contributed by atoms with E-state index in [1.807, 2.05) is 18.2 Å². The monoisotopic (exact) mass is 319 g/mol. The van der Waals surface area contributed by atoms with Gasteiger partial charge in [0.1, 0.15) is 12.1 Å². The summed E-state index contributed by atoms with van der Waals surface area (Å²) in [5.74, 6) is -3.40. The van der Waals surface area contributed by atoms with Crippen molar-refractivity contribution in [3.63, 3.8) is 0 Å². The van der Waals surface area contributed by atoms with Crippen molar-refractivity contribution in [2.45, 2.75) is 24.7 Å². The van der Waals surface area contributed by atoms with Gasteiger partial charge in [0, 0.05) is 11.8 Å². The minimum absolute atomic E-state index is 0.0442. The van der Waals surface area contributed by atoms with Crippen molar-refractivity contribution in [2.24, 2.45) is 17.6 Å². The van der Waals surface area contributed by atoms with Crippen LogP contribution < -0.4 is 5.73 Å². The third-order valence-electron chi connectivity index (χ3n) is 4.44. The first-order valence-corrected chi connectivity index (χ1v) is 7.50. The van der Waals surface area contributed by atoms with Crippen LogP contribution in [0.5, 0.6) is 0 Å². The molecule has 2 aliphatic carbocycles. The van der Waals surface area contributed by atoms with Gasteiger partial charge in [0.2, 0.25) is 5.67 Å². The van der Waals surface area contributed by atoms with Crippen LogP contribution in [-0.4, -0.2) is 29.8 Å². The number of halogens is 1. The highest BCUT2D eigenvalue weighted by Gasteiger charge is 2.80. The minimum atomic E-state index is -2.23. The smallest absolute Gasteiger partial charge is 0.344 e. The van der Waals surface area contributed by atoms with Gasteiger partial charge < -0.3 is 15.2 Å². The second-order valence-corrected chi connectivity index (χ2v) is 5.85. The number of hydrogen-bond acceptors (Lipinski definition) is 5. The lowest BCUT2D eigenvalue weighted by Crippen LogP contribution is -2.51. The van der Waals surface area contributed by atoms with Crippen molar-refractivity contribution in [3.8, 4) is 0 Å². The molecule has 0 saturated heterocycles. The van der Waals surface area contributed by atoms with Gasteiger partial charge in [-0.2, -0.15) is 0 Å². The van der Waals surface area contributed by atoms with E-state index in [1.54, 1.807) is 19.1 Å². The number of rotatable bonds is 5. The maximum absolute atomic E-state index is 14.8. The SMILES string of the molecule is CCOC(=O)[C@@]1(F)[C@@H]2C=C[C@@](N)(C(=O)OCc3ccccc3)[C@@H]21. The summed E-state index contributed by atoms with van der Waals surface area (Å²) in [6.07, 6.45) is 2.89. The number of alkyl halides is 1. The van der Waals surface area contributed by atoms with Crippen LogP contribution in [0.25, 0.3) is 0 Å². The Balaban J connectivity index is 1.69. The van der Waals surface area contributed by atoms with Gasteiger partial charge in [0.25, 0.3) is 0 Å². The van der Waals surface area contributed by atoms with Crippen molar-refractivity contribution in [1.82, 2.24) is 0 Å². The van der Waals surface area contributed by atoms with Crippen molar-refractivity contribution in [2.75, 3.05) is 6.61 Å². The number of carbonyl (C=O) groups is 2. The molecule has 4 atom stereocenters. The predicted molar refractivity (Wildman–Crippen MR) is 79.7 cm³/mol. The summed E-state index contributed by atoms with van der Waals surface area (Å²) in [6, 6.07) is 9.10. The van der Waals surface area contributed by atoms with E-state index in [2.05, 4.69) is 0 Å². The Morgan fingerprint density at radius 2 is 1.91 bits per heavy atom. The van der Waals surface area contributed by atoms with E-state index in [9.17, 15) is 14.0 Å². The van der Waals surface area contributed by atoms with Crippen LogP contribution in [0.3, 0.4) is 0 Å². The second kappa shape index (κ2) is 5.45. The summed E-state index contributed by atoms with van der Waals surface area (Å²) in [6.45, 7) is 1.71. The molecule has 3 rings (SSSR count). The minimum Gasteiger partial charge on any atom is -0.464 e. The summed E-state index contributed by atoms with van der Waals surface area (Å²) >= 11 is 0. The summed E-state index contributed by atoms with van der Waals surface area (Å²) < 4.78 is 24.8. The molecule has 0 radical (unpaired) electrons. The summed E-state index contributed by atoms with van der Waals surface area (Å²) in [5, 5.41) is 0. The number of esters is 2. The Morgan fingerprint density at radius 3 is 2.57 bits per heavy atom. The van der Waals surface area contributed by atoms with E-state index in [-0.39, 0.29) is 13.2 Å². The quantitative estimate of drug-likeness (QED) is 0.657. The zero-order valence-electron chi connectivity index (χ0n) is 12.7. The van der Waals surface area contributed by atoms with E-state index >= 15 is 0 Å².